The van der Waals surface area contributed by atoms with Gasteiger partial charge in [0.25, 0.3) is 5.91 Å². The SMILES string of the molecule is CCC(C)Cn1nc(C(=O)N[C@H](CC(=O)NC2CC2)CC(C)C)cc1-c1c(OC)cccc1OC. The van der Waals surface area contributed by atoms with E-state index in [-0.39, 0.29) is 24.3 Å². The zero-order valence-electron chi connectivity index (χ0n) is 21.9. The first-order valence-corrected chi connectivity index (χ1v) is 12.6. The second-order valence-electron chi connectivity index (χ2n) is 9.99. The Hall–Kier alpha value is -3.03. The van der Waals surface area contributed by atoms with Crippen molar-refractivity contribution in [2.24, 2.45) is 11.8 Å². The Balaban J connectivity index is 1.90. The topological polar surface area (TPSA) is 94.5 Å². The van der Waals surface area contributed by atoms with Crippen LogP contribution in [-0.4, -0.2) is 47.9 Å². The molecule has 0 bridgehead atoms. The van der Waals surface area contributed by atoms with Crippen molar-refractivity contribution in [2.75, 3.05) is 14.2 Å². The van der Waals surface area contributed by atoms with E-state index >= 15 is 0 Å². The average molecular weight is 485 g/mol. The summed E-state index contributed by atoms with van der Waals surface area (Å²) in [6, 6.07) is 7.44. The van der Waals surface area contributed by atoms with Crippen LogP contribution >= 0.6 is 0 Å². The molecule has 2 atom stereocenters. The van der Waals surface area contributed by atoms with Gasteiger partial charge in [-0.3, -0.25) is 14.3 Å². The smallest absolute Gasteiger partial charge is 0.272 e. The number of nitrogens with zero attached hydrogens (tertiary/aromatic N) is 2. The largest absolute Gasteiger partial charge is 0.496 e. The summed E-state index contributed by atoms with van der Waals surface area (Å²) in [6.45, 7) is 9.12. The summed E-state index contributed by atoms with van der Waals surface area (Å²) in [5.74, 6) is 1.70. The van der Waals surface area contributed by atoms with E-state index in [0.717, 1.165) is 30.5 Å². The molecule has 8 nitrogen and oxygen atoms in total. The van der Waals surface area contributed by atoms with E-state index < -0.39 is 0 Å². The lowest BCUT2D eigenvalue weighted by molar-refractivity contribution is -0.121. The Bertz CT molecular complexity index is 990. The lowest BCUT2D eigenvalue weighted by Gasteiger charge is -2.20. The Morgan fingerprint density at radius 3 is 2.34 bits per heavy atom. The highest BCUT2D eigenvalue weighted by Crippen LogP contribution is 2.39. The molecule has 1 aliphatic rings. The van der Waals surface area contributed by atoms with Crippen molar-refractivity contribution in [3.63, 3.8) is 0 Å². The fourth-order valence-electron chi connectivity index (χ4n) is 4.16. The molecular formula is C27H40N4O4. The Morgan fingerprint density at radius 2 is 1.80 bits per heavy atom. The summed E-state index contributed by atoms with van der Waals surface area (Å²) in [7, 11) is 3.23. The first kappa shape index (κ1) is 26.6. The van der Waals surface area contributed by atoms with E-state index in [1.807, 2.05) is 22.9 Å². The maximum absolute atomic E-state index is 13.3. The molecule has 2 amide bonds. The minimum Gasteiger partial charge on any atom is -0.496 e. The maximum atomic E-state index is 13.3. The van der Waals surface area contributed by atoms with Crippen molar-refractivity contribution in [2.45, 2.75) is 78.4 Å². The van der Waals surface area contributed by atoms with Crippen LogP contribution in [0.25, 0.3) is 11.3 Å². The van der Waals surface area contributed by atoms with Crippen LogP contribution in [0.3, 0.4) is 0 Å². The minimum absolute atomic E-state index is 0.0137. The zero-order valence-corrected chi connectivity index (χ0v) is 21.9. The first-order valence-electron chi connectivity index (χ1n) is 12.6. The van der Waals surface area contributed by atoms with Crippen LogP contribution in [0.15, 0.2) is 24.3 Å². The summed E-state index contributed by atoms with van der Waals surface area (Å²) in [5, 5.41) is 10.8. The minimum atomic E-state index is -0.284. The number of nitrogens with one attached hydrogen (secondary N) is 2. The number of methoxy groups -OCH3 is 2. The van der Waals surface area contributed by atoms with Crippen LogP contribution in [0.2, 0.25) is 0 Å². The molecule has 1 unspecified atom stereocenters. The zero-order chi connectivity index (χ0) is 25.5. The second-order valence-corrected chi connectivity index (χ2v) is 9.99. The van der Waals surface area contributed by atoms with Crippen LogP contribution in [-0.2, 0) is 11.3 Å². The molecular weight excluding hydrogens is 444 g/mol. The van der Waals surface area contributed by atoms with Crippen molar-refractivity contribution in [3.05, 3.63) is 30.0 Å². The monoisotopic (exact) mass is 484 g/mol. The quantitative estimate of drug-likeness (QED) is 0.439. The molecule has 1 saturated carbocycles. The molecule has 1 heterocycles. The van der Waals surface area contributed by atoms with Gasteiger partial charge in [0.15, 0.2) is 5.69 Å². The number of hydrogen-bond donors (Lipinski definition) is 2. The third-order valence-electron chi connectivity index (χ3n) is 6.34. The normalized spacial score (nSPS) is 14.9. The van der Waals surface area contributed by atoms with Gasteiger partial charge < -0.3 is 20.1 Å². The fraction of sp³-hybridized carbons (Fsp3) is 0.593. The molecule has 1 fully saturated rings. The molecule has 0 radical (unpaired) electrons. The van der Waals surface area contributed by atoms with Gasteiger partial charge in [-0.05, 0) is 49.3 Å². The molecule has 1 aromatic heterocycles. The number of carbonyl (C=O) groups excluding carboxylic acids is 2. The highest BCUT2D eigenvalue weighted by molar-refractivity contribution is 5.94. The van der Waals surface area contributed by atoms with E-state index in [1.54, 1.807) is 20.3 Å². The van der Waals surface area contributed by atoms with Crippen molar-refractivity contribution in [1.82, 2.24) is 20.4 Å². The number of ether oxygens (including phenoxy) is 2. The molecule has 192 valence electrons. The summed E-state index contributed by atoms with van der Waals surface area (Å²) in [6.07, 6.45) is 4.04. The van der Waals surface area contributed by atoms with Crippen LogP contribution in [0.5, 0.6) is 11.5 Å². The summed E-state index contributed by atoms with van der Waals surface area (Å²) in [4.78, 5) is 25.8. The Kier molecular flexibility index (Phi) is 9.18. The third-order valence-corrected chi connectivity index (χ3v) is 6.34. The molecule has 3 rings (SSSR count). The second kappa shape index (κ2) is 12.1. The molecule has 8 heteroatoms. The van der Waals surface area contributed by atoms with Crippen molar-refractivity contribution < 1.29 is 19.1 Å². The van der Waals surface area contributed by atoms with Gasteiger partial charge in [-0.25, -0.2) is 0 Å². The van der Waals surface area contributed by atoms with Gasteiger partial charge in [-0.2, -0.15) is 5.10 Å². The number of hydrogen-bond acceptors (Lipinski definition) is 5. The highest BCUT2D eigenvalue weighted by atomic mass is 16.5. The van der Waals surface area contributed by atoms with Gasteiger partial charge >= 0.3 is 0 Å². The van der Waals surface area contributed by atoms with Crippen LogP contribution in [0.4, 0.5) is 0 Å². The molecule has 0 aliphatic heterocycles. The molecule has 35 heavy (non-hydrogen) atoms. The van der Waals surface area contributed by atoms with Crippen LogP contribution < -0.4 is 20.1 Å². The number of benzene rings is 1. The summed E-state index contributed by atoms with van der Waals surface area (Å²) >= 11 is 0. The van der Waals surface area contributed by atoms with Gasteiger partial charge in [0.1, 0.15) is 11.5 Å². The summed E-state index contributed by atoms with van der Waals surface area (Å²) in [5.41, 5.74) is 1.83. The van der Waals surface area contributed by atoms with Crippen LogP contribution in [0.1, 0.15) is 70.3 Å². The van der Waals surface area contributed by atoms with Gasteiger partial charge in [0.2, 0.25) is 5.91 Å². The van der Waals surface area contributed by atoms with E-state index in [1.165, 1.54) is 0 Å². The van der Waals surface area contributed by atoms with Crippen molar-refractivity contribution >= 4 is 11.8 Å². The summed E-state index contributed by atoms with van der Waals surface area (Å²) < 4.78 is 13.1. The highest BCUT2D eigenvalue weighted by Gasteiger charge is 2.27. The van der Waals surface area contributed by atoms with Gasteiger partial charge in [-0.15, -0.1) is 0 Å². The molecule has 1 aliphatic carbocycles. The van der Waals surface area contributed by atoms with Gasteiger partial charge in [0, 0.05) is 25.0 Å². The average Bonchev–Trinajstić information content (AvgIpc) is 3.53. The van der Waals surface area contributed by atoms with E-state index in [4.69, 9.17) is 9.47 Å². The predicted octanol–water partition coefficient (Wildman–Crippen LogP) is 4.43. The first-order chi connectivity index (χ1) is 16.7. The lowest BCUT2D eigenvalue weighted by Crippen LogP contribution is -2.40. The van der Waals surface area contributed by atoms with Crippen molar-refractivity contribution in [3.8, 4) is 22.8 Å². The van der Waals surface area contributed by atoms with Crippen molar-refractivity contribution in [1.29, 1.82) is 0 Å². The van der Waals surface area contributed by atoms with E-state index in [2.05, 4.69) is 43.4 Å². The number of carbonyl (C=O) groups is 2. The number of rotatable bonds is 13. The standard InChI is InChI=1S/C27H40N4O4/c1-7-18(4)16-31-22(26-23(34-5)9-8-10-24(26)35-6)15-21(30-31)27(33)29-20(13-17(2)3)14-25(32)28-19-11-12-19/h8-10,15,17-20H,7,11-14,16H2,1-6H3,(H,28,32)(H,29,33)/t18?,20-/m0/s1. The third kappa shape index (κ3) is 7.23. The molecule has 1 aromatic carbocycles. The molecule has 2 aromatic rings. The predicted molar refractivity (Wildman–Crippen MR) is 137 cm³/mol. The molecule has 0 saturated heterocycles. The van der Waals surface area contributed by atoms with Crippen LogP contribution in [0, 0.1) is 11.8 Å². The van der Waals surface area contributed by atoms with Gasteiger partial charge in [0.05, 0.1) is 25.5 Å². The maximum Gasteiger partial charge on any atom is 0.272 e. The van der Waals surface area contributed by atoms with E-state index in [0.29, 0.717) is 48.0 Å². The lowest BCUT2D eigenvalue weighted by atomic mass is 10.0. The Morgan fingerprint density at radius 1 is 1.14 bits per heavy atom. The number of aromatic nitrogens is 2. The fourth-order valence-corrected chi connectivity index (χ4v) is 4.16. The van der Waals surface area contributed by atoms with E-state index in [9.17, 15) is 9.59 Å². The van der Waals surface area contributed by atoms with Gasteiger partial charge in [-0.1, -0.05) is 40.2 Å². The molecule has 0 spiro atoms. The number of amides is 2. The molecule has 2 N–H and O–H groups in total. The Labute approximate surface area is 208 Å².